The van der Waals surface area contributed by atoms with Crippen LogP contribution in [0.1, 0.15) is 5.69 Å². The predicted molar refractivity (Wildman–Crippen MR) is 126 cm³/mol. The number of hydrogen-bond acceptors (Lipinski definition) is 8. The summed E-state index contributed by atoms with van der Waals surface area (Å²) in [6.45, 7) is 0.156. The third-order valence-corrected chi connectivity index (χ3v) is 5.45. The molecule has 0 aliphatic carbocycles. The van der Waals surface area contributed by atoms with Crippen LogP contribution in [0.3, 0.4) is 0 Å². The van der Waals surface area contributed by atoms with Gasteiger partial charge in [-0.05, 0) is 12.1 Å². The second kappa shape index (κ2) is 9.58. The van der Waals surface area contributed by atoms with E-state index in [0.717, 1.165) is 11.8 Å². The van der Waals surface area contributed by atoms with Gasteiger partial charge in [-0.25, -0.2) is 28.4 Å². The first kappa shape index (κ1) is 23.2. The molecule has 5 rings (SSSR count). The van der Waals surface area contributed by atoms with Crippen LogP contribution in [-0.2, 0) is 20.2 Å². The zero-order valence-corrected chi connectivity index (χ0v) is 19.1. The average Bonchev–Trinajstić information content (AvgIpc) is 3.42. The van der Waals surface area contributed by atoms with Gasteiger partial charge in [-0.2, -0.15) is 5.10 Å². The minimum Gasteiger partial charge on any atom is -0.487 e. The molecule has 10 nitrogen and oxygen atoms in total. The van der Waals surface area contributed by atoms with E-state index in [0.29, 0.717) is 11.0 Å². The summed E-state index contributed by atoms with van der Waals surface area (Å²) < 4.78 is 44.0. The van der Waals surface area contributed by atoms with E-state index < -0.39 is 11.6 Å². The second-order valence-corrected chi connectivity index (χ2v) is 7.90. The van der Waals surface area contributed by atoms with Gasteiger partial charge in [-0.1, -0.05) is 0 Å². The molecule has 0 fully saturated rings. The van der Waals surface area contributed by atoms with Gasteiger partial charge < -0.3 is 24.9 Å². The molecule has 12 heteroatoms. The van der Waals surface area contributed by atoms with E-state index in [9.17, 15) is 9.50 Å². The number of aliphatic hydroxyl groups is 1. The van der Waals surface area contributed by atoms with Gasteiger partial charge in [-0.3, -0.25) is 0 Å². The Balaban J connectivity index is 1.41. The summed E-state index contributed by atoms with van der Waals surface area (Å²) in [6.07, 6.45) is 4.56. The lowest BCUT2D eigenvalue weighted by atomic mass is 10.1. The van der Waals surface area contributed by atoms with E-state index in [-0.39, 0.29) is 54.1 Å². The van der Waals surface area contributed by atoms with Gasteiger partial charge >= 0.3 is 0 Å². The van der Waals surface area contributed by atoms with Crippen LogP contribution in [0.15, 0.2) is 55.2 Å². The van der Waals surface area contributed by atoms with E-state index in [1.807, 2.05) is 7.05 Å². The smallest absolute Gasteiger partial charge is 0.164 e. The van der Waals surface area contributed by atoms with Gasteiger partial charge in [0.2, 0.25) is 0 Å². The van der Waals surface area contributed by atoms with Gasteiger partial charge in [0.1, 0.15) is 53.3 Å². The molecule has 3 N–H and O–H groups in total. The van der Waals surface area contributed by atoms with E-state index in [2.05, 4.69) is 20.1 Å². The molecule has 3 aromatic heterocycles. The third kappa shape index (κ3) is 4.53. The Morgan fingerprint density at radius 1 is 1.06 bits per heavy atom. The van der Waals surface area contributed by atoms with Crippen molar-refractivity contribution < 1.29 is 23.4 Å². The number of anilines is 1. The Bertz CT molecular complexity index is 1550. The maximum absolute atomic E-state index is 15.2. The first-order chi connectivity index (χ1) is 17.4. The molecule has 5 aromatic rings. The Morgan fingerprint density at radius 2 is 1.89 bits per heavy atom. The lowest BCUT2D eigenvalue weighted by molar-refractivity contribution is 0.271. The number of aromatic nitrogens is 6. The number of nitrogens with two attached hydrogens (primary N) is 1. The highest BCUT2D eigenvalue weighted by Crippen LogP contribution is 2.34. The molecule has 0 saturated heterocycles. The molecule has 0 spiro atoms. The number of ether oxygens (including phenoxy) is 2. The molecule has 36 heavy (non-hydrogen) atoms. The van der Waals surface area contributed by atoms with E-state index in [4.69, 9.17) is 15.2 Å². The number of aliphatic hydroxyl groups excluding tert-OH is 1. The van der Waals surface area contributed by atoms with E-state index in [1.54, 1.807) is 17.1 Å². The van der Waals surface area contributed by atoms with Gasteiger partial charge in [0.05, 0.1) is 36.8 Å². The highest BCUT2D eigenvalue weighted by molar-refractivity contribution is 5.98. The summed E-state index contributed by atoms with van der Waals surface area (Å²) in [5, 5.41) is 14.1. The Morgan fingerprint density at radius 3 is 2.64 bits per heavy atom. The van der Waals surface area contributed by atoms with Crippen LogP contribution in [-0.4, -0.2) is 41.0 Å². The Kier molecular flexibility index (Phi) is 6.17. The fourth-order valence-corrected chi connectivity index (χ4v) is 3.72. The molecule has 0 aliphatic heterocycles. The monoisotopic (exact) mass is 493 g/mol. The third-order valence-electron chi connectivity index (χ3n) is 5.45. The van der Waals surface area contributed by atoms with Crippen LogP contribution in [0.25, 0.3) is 22.3 Å². The molecular weight excluding hydrogens is 472 g/mol. The first-order valence-corrected chi connectivity index (χ1v) is 10.9. The molecule has 0 bridgehead atoms. The SMILES string of the molecule is Cn1cncc1COc1cc(F)cc(Oc2ccc(-c3nn(CCO)c4ncnc(N)c34)c(F)c2)c1. The number of benzene rings is 2. The number of rotatable bonds is 8. The topological polar surface area (TPSA) is 126 Å². The fourth-order valence-electron chi connectivity index (χ4n) is 3.72. The summed E-state index contributed by atoms with van der Waals surface area (Å²) in [5.41, 5.74) is 7.57. The maximum atomic E-state index is 15.2. The number of aryl methyl sites for hydroxylation is 1. The summed E-state index contributed by atoms with van der Waals surface area (Å²) in [6, 6.07) is 8.07. The number of fused-ring (bicyclic) bond motifs is 1. The van der Waals surface area contributed by atoms with Gasteiger partial charge in [0, 0.05) is 36.9 Å². The first-order valence-electron chi connectivity index (χ1n) is 10.9. The Hall–Kier alpha value is -4.58. The van der Waals surface area contributed by atoms with Gasteiger partial charge in [-0.15, -0.1) is 0 Å². The molecule has 0 atom stereocenters. The minimum absolute atomic E-state index is 0.136. The molecule has 0 saturated carbocycles. The van der Waals surface area contributed by atoms with E-state index in [1.165, 1.54) is 41.3 Å². The van der Waals surface area contributed by atoms with Crippen molar-refractivity contribution in [3.8, 4) is 28.5 Å². The molecule has 0 radical (unpaired) electrons. The van der Waals surface area contributed by atoms with Crippen molar-refractivity contribution in [2.24, 2.45) is 7.05 Å². The predicted octanol–water partition coefficient (Wildman–Crippen LogP) is 3.45. The van der Waals surface area contributed by atoms with E-state index >= 15 is 4.39 Å². The van der Waals surface area contributed by atoms with Crippen LogP contribution in [0.4, 0.5) is 14.6 Å². The minimum atomic E-state index is -0.643. The molecule has 0 aliphatic rings. The van der Waals surface area contributed by atoms with Crippen LogP contribution >= 0.6 is 0 Å². The van der Waals surface area contributed by atoms with Crippen molar-refractivity contribution in [1.82, 2.24) is 29.3 Å². The van der Waals surface area contributed by atoms with Crippen molar-refractivity contribution in [2.75, 3.05) is 12.3 Å². The summed E-state index contributed by atoms with van der Waals surface area (Å²) in [5.74, 6) is -0.548. The van der Waals surface area contributed by atoms with Crippen molar-refractivity contribution in [3.63, 3.8) is 0 Å². The van der Waals surface area contributed by atoms with Crippen molar-refractivity contribution in [1.29, 1.82) is 0 Å². The molecule has 184 valence electrons. The Labute approximate surface area is 203 Å². The highest BCUT2D eigenvalue weighted by Gasteiger charge is 2.20. The molecular formula is C24H21F2N7O3. The quantitative estimate of drug-likeness (QED) is 0.337. The molecule has 3 heterocycles. The summed E-state index contributed by atoms with van der Waals surface area (Å²) >= 11 is 0. The zero-order valence-electron chi connectivity index (χ0n) is 19.1. The van der Waals surface area contributed by atoms with Crippen LogP contribution < -0.4 is 15.2 Å². The number of imidazole rings is 1. The highest BCUT2D eigenvalue weighted by atomic mass is 19.1. The lowest BCUT2D eigenvalue weighted by Gasteiger charge is -2.11. The zero-order chi connectivity index (χ0) is 25.2. The van der Waals surface area contributed by atoms with Crippen LogP contribution in [0, 0.1) is 11.6 Å². The number of halogens is 2. The standard InChI is InChI=1S/C24H21F2N7O3/c1-32-13-28-10-15(32)11-35-17-6-14(25)7-18(8-17)36-16-2-3-19(20(26)9-16)22-21-23(27)29-12-30-24(21)33(31-22)4-5-34/h2-3,6-10,12-13,34H,4-5,11H2,1H3,(H2,27,29,30). The van der Waals surface area contributed by atoms with Gasteiger partial charge in [0.25, 0.3) is 0 Å². The van der Waals surface area contributed by atoms with Crippen molar-refractivity contribution >= 4 is 16.9 Å². The maximum Gasteiger partial charge on any atom is 0.164 e. The number of nitrogens with zero attached hydrogens (tertiary/aromatic N) is 6. The van der Waals surface area contributed by atoms with Crippen LogP contribution in [0.2, 0.25) is 0 Å². The lowest BCUT2D eigenvalue weighted by Crippen LogP contribution is -2.05. The number of hydrogen-bond donors (Lipinski definition) is 2. The number of nitrogen functional groups attached to an aromatic ring is 1. The molecule has 0 unspecified atom stereocenters. The summed E-state index contributed by atoms with van der Waals surface area (Å²) in [4.78, 5) is 12.1. The van der Waals surface area contributed by atoms with Crippen LogP contribution in [0.5, 0.6) is 17.2 Å². The average molecular weight is 493 g/mol. The fraction of sp³-hybridized carbons (Fsp3) is 0.167. The normalized spacial score (nSPS) is 11.2. The molecule has 0 amide bonds. The second-order valence-electron chi connectivity index (χ2n) is 7.90. The summed E-state index contributed by atoms with van der Waals surface area (Å²) in [7, 11) is 1.82. The largest absolute Gasteiger partial charge is 0.487 e. The van der Waals surface area contributed by atoms with Gasteiger partial charge in [0.15, 0.2) is 5.65 Å². The van der Waals surface area contributed by atoms with Crippen molar-refractivity contribution in [2.45, 2.75) is 13.2 Å². The molecule has 2 aromatic carbocycles. The van der Waals surface area contributed by atoms with Crippen molar-refractivity contribution in [3.05, 3.63) is 72.6 Å².